The van der Waals surface area contributed by atoms with E-state index in [9.17, 15) is 4.79 Å². The lowest BCUT2D eigenvalue weighted by molar-refractivity contribution is -0.119. The third-order valence-corrected chi connectivity index (χ3v) is 3.03. The molecular weight excluding hydrogens is 200 g/mol. The van der Waals surface area contributed by atoms with Crippen LogP contribution in [-0.4, -0.2) is 19.5 Å². The summed E-state index contributed by atoms with van der Waals surface area (Å²) in [5.41, 5.74) is 3.38. The van der Waals surface area contributed by atoms with E-state index in [-0.39, 0.29) is 11.9 Å². The Hall–Kier alpha value is -1.35. The monoisotopic (exact) mass is 218 g/mol. The molecule has 3 heteroatoms. The van der Waals surface area contributed by atoms with Gasteiger partial charge in [0.15, 0.2) is 0 Å². The van der Waals surface area contributed by atoms with E-state index in [1.165, 1.54) is 5.56 Å². The molecule has 1 amide bonds. The average Bonchev–Trinajstić information content (AvgIpc) is 2.52. The molecule has 2 rings (SSSR count). The van der Waals surface area contributed by atoms with Crippen molar-refractivity contribution in [3.05, 3.63) is 29.3 Å². The first-order valence-electron chi connectivity index (χ1n) is 5.78. The number of benzene rings is 1. The number of carbonyl (C=O) groups excluding carboxylic acids is 1. The molecule has 1 heterocycles. The van der Waals surface area contributed by atoms with E-state index in [0.717, 1.165) is 24.2 Å². The second kappa shape index (κ2) is 4.26. The molecule has 1 aromatic rings. The molecule has 0 spiro atoms. The summed E-state index contributed by atoms with van der Waals surface area (Å²) in [7, 11) is 1.84. The molecule has 1 atom stereocenters. The summed E-state index contributed by atoms with van der Waals surface area (Å²) < 4.78 is 0. The number of hydrogen-bond acceptors (Lipinski definition) is 2. The largest absolute Gasteiger partial charge is 0.310 e. The molecule has 0 radical (unpaired) electrons. The van der Waals surface area contributed by atoms with Crippen LogP contribution in [0.15, 0.2) is 18.2 Å². The van der Waals surface area contributed by atoms with Gasteiger partial charge in [-0.25, -0.2) is 0 Å². The number of carbonyl (C=O) groups is 1. The van der Waals surface area contributed by atoms with Crippen LogP contribution in [0.4, 0.5) is 5.69 Å². The van der Waals surface area contributed by atoms with Gasteiger partial charge in [-0.05, 0) is 26.5 Å². The lowest BCUT2D eigenvalue weighted by Gasteiger charge is -2.16. The number of nitrogens with zero attached hydrogens (tertiary/aromatic N) is 1. The van der Waals surface area contributed by atoms with Crippen LogP contribution in [0.3, 0.4) is 0 Å². The van der Waals surface area contributed by atoms with Crippen molar-refractivity contribution in [3.8, 4) is 0 Å². The highest BCUT2D eigenvalue weighted by Gasteiger charge is 2.35. The van der Waals surface area contributed by atoms with Gasteiger partial charge >= 0.3 is 0 Å². The zero-order valence-corrected chi connectivity index (χ0v) is 10.1. The van der Waals surface area contributed by atoms with Gasteiger partial charge in [-0.3, -0.25) is 4.79 Å². The molecule has 1 aromatic carbocycles. The Morgan fingerprint density at radius 3 is 2.81 bits per heavy atom. The maximum absolute atomic E-state index is 12.2. The van der Waals surface area contributed by atoms with E-state index >= 15 is 0 Å². The van der Waals surface area contributed by atoms with Crippen LogP contribution in [0.2, 0.25) is 0 Å². The Bertz CT molecular complexity index is 414. The number of amides is 1. The first-order valence-corrected chi connectivity index (χ1v) is 5.78. The van der Waals surface area contributed by atoms with E-state index in [1.54, 1.807) is 0 Å². The first kappa shape index (κ1) is 11.1. The van der Waals surface area contributed by atoms with Gasteiger partial charge in [0.2, 0.25) is 5.91 Å². The van der Waals surface area contributed by atoms with Crippen LogP contribution in [0, 0.1) is 6.92 Å². The summed E-state index contributed by atoms with van der Waals surface area (Å²) in [6, 6.07) is 6.05. The fourth-order valence-corrected chi connectivity index (χ4v) is 2.29. The lowest BCUT2D eigenvalue weighted by Crippen LogP contribution is -2.33. The molecule has 3 nitrogen and oxygen atoms in total. The molecule has 0 saturated carbocycles. The van der Waals surface area contributed by atoms with Crippen LogP contribution < -0.4 is 10.2 Å². The van der Waals surface area contributed by atoms with Crippen LogP contribution in [0.25, 0.3) is 0 Å². The molecule has 0 fully saturated rings. The SMILES string of the molecule is CCCN1C(=O)C(NC)c2cc(C)ccc21. The molecule has 1 aliphatic heterocycles. The number of likely N-dealkylation sites (N-methyl/N-ethyl adjacent to an activating group) is 1. The third-order valence-electron chi connectivity index (χ3n) is 3.03. The molecule has 0 saturated heterocycles. The highest BCUT2D eigenvalue weighted by atomic mass is 16.2. The second-order valence-corrected chi connectivity index (χ2v) is 4.27. The molecule has 86 valence electrons. The lowest BCUT2D eigenvalue weighted by atomic mass is 10.1. The zero-order chi connectivity index (χ0) is 11.7. The molecular formula is C13H18N2O. The number of rotatable bonds is 3. The minimum absolute atomic E-state index is 0.165. The first-order chi connectivity index (χ1) is 7.69. The third kappa shape index (κ3) is 1.61. The normalized spacial score (nSPS) is 19.1. The van der Waals surface area contributed by atoms with Crippen molar-refractivity contribution in [3.63, 3.8) is 0 Å². The quantitative estimate of drug-likeness (QED) is 0.841. The number of fused-ring (bicyclic) bond motifs is 1. The van der Waals surface area contributed by atoms with Crippen molar-refractivity contribution >= 4 is 11.6 Å². The fourth-order valence-electron chi connectivity index (χ4n) is 2.29. The van der Waals surface area contributed by atoms with Gasteiger partial charge in [0, 0.05) is 17.8 Å². The van der Waals surface area contributed by atoms with Crippen LogP contribution >= 0.6 is 0 Å². The predicted octanol–water partition coefficient (Wildman–Crippen LogP) is 2.01. The Labute approximate surface area is 96.5 Å². The zero-order valence-electron chi connectivity index (χ0n) is 10.1. The van der Waals surface area contributed by atoms with Crippen LogP contribution in [0.5, 0.6) is 0 Å². The van der Waals surface area contributed by atoms with Crippen LogP contribution in [-0.2, 0) is 4.79 Å². The minimum Gasteiger partial charge on any atom is -0.310 e. The summed E-state index contributed by atoms with van der Waals surface area (Å²) in [6.07, 6.45) is 0.982. The predicted molar refractivity (Wildman–Crippen MR) is 65.6 cm³/mol. The van der Waals surface area contributed by atoms with E-state index in [1.807, 2.05) is 11.9 Å². The van der Waals surface area contributed by atoms with Crippen molar-refractivity contribution in [2.75, 3.05) is 18.5 Å². The van der Waals surface area contributed by atoms with Crippen molar-refractivity contribution < 1.29 is 4.79 Å². The molecule has 1 N–H and O–H groups in total. The fraction of sp³-hybridized carbons (Fsp3) is 0.462. The van der Waals surface area contributed by atoms with Crippen LogP contribution in [0.1, 0.15) is 30.5 Å². The Balaban J connectivity index is 2.46. The summed E-state index contributed by atoms with van der Waals surface area (Å²) in [4.78, 5) is 14.0. The van der Waals surface area contributed by atoms with Gasteiger partial charge < -0.3 is 10.2 Å². The van der Waals surface area contributed by atoms with Crippen molar-refractivity contribution in [2.24, 2.45) is 0 Å². The number of hydrogen-bond donors (Lipinski definition) is 1. The highest BCUT2D eigenvalue weighted by molar-refractivity contribution is 6.04. The number of anilines is 1. The Morgan fingerprint density at radius 2 is 2.19 bits per heavy atom. The summed E-state index contributed by atoms with van der Waals surface area (Å²) in [6.45, 7) is 4.95. The molecule has 0 aromatic heterocycles. The van der Waals surface area contributed by atoms with Gasteiger partial charge in [-0.2, -0.15) is 0 Å². The Kier molecular flexibility index (Phi) is 2.97. The number of nitrogens with one attached hydrogen (secondary N) is 1. The second-order valence-electron chi connectivity index (χ2n) is 4.27. The van der Waals surface area contributed by atoms with Gasteiger partial charge in [0.1, 0.15) is 6.04 Å². The molecule has 1 aliphatic rings. The van der Waals surface area contributed by atoms with Gasteiger partial charge in [0.25, 0.3) is 0 Å². The van der Waals surface area contributed by atoms with E-state index < -0.39 is 0 Å². The Morgan fingerprint density at radius 1 is 1.44 bits per heavy atom. The molecule has 16 heavy (non-hydrogen) atoms. The van der Waals surface area contributed by atoms with Gasteiger partial charge in [0.05, 0.1) is 0 Å². The van der Waals surface area contributed by atoms with Crippen molar-refractivity contribution in [1.82, 2.24) is 5.32 Å². The summed E-state index contributed by atoms with van der Waals surface area (Å²) >= 11 is 0. The van der Waals surface area contributed by atoms with E-state index in [4.69, 9.17) is 0 Å². The molecule has 0 aliphatic carbocycles. The average molecular weight is 218 g/mol. The summed E-state index contributed by atoms with van der Waals surface area (Å²) in [5.74, 6) is 0.171. The summed E-state index contributed by atoms with van der Waals surface area (Å²) in [5, 5.41) is 3.09. The van der Waals surface area contributed by atoms with E-state index in [0.29, 0.717) is 0 Å². The number of aryl methyl sites for hydroxylation is 1. The standard InChI is InChI=1S/C13H18N2O/c1-4-7-15-11-6-5-9(2)8-10(11)12(14-3)13(15)16/h5-6,8,12,14H,4,7H2,1-3H3. The highest BCUT2D eigenvalue weighted by Crippen LogP contribution is 2.36. The van der Waals surface area contributed by atoms with E-state index in [2.05, 4.69) is 37.4 Å². The maximum Gasteiger partial charge on any atom is 0.248 e. The molecule has 0 bridgehead atoms. The molecule has 1 unspecified atom stereocenters. The van der Waals surface area contributed by atoms with Gasteiger partial charge in [-0.15, -0.1) is 0 Å². The van der Waals surface area contributed by atoms with Crippen molar-refractivity contribution in [1.29, 1.82) is 0 Å². The maximum atomic E-state index is 12.2. The van der Waals surface area contributed by atoms with Gasteiger partial charge in [-0.1, -0.05) is 24.6 Å². The smallest absolute Gasteiger partial charge is 0.248 e. The minimum atomic E-state index is -0.165. The topological polar surface area (TPSA) is 32.3 Å². The van der Waals surface area contributed by atoms with Crippen molar-refractivity contribution in [2.45, 2.75) is 26.3 Å².